The molecule has 0 fully saturated rings. The average molecular weight is 261 g/mol. The Kier molecular flexibility index (Phi) is 4.21. The van der Waals surface area contributed by atoms with Gasteiger partial charge in [-0.3, -0.25) is 4.79 Å². The van der Waals surface area contributed by atoms with Crippen LogP contribution in [-0.4, -0.2) is 19.2 Å². The first kappa shape index (κ1) is 14.3. The number of rotatable bonds is 3. The molecule has 0 aromatic heterocycles. The van der Waals surface area contributed by atoms with Gasteiger partial charge in [0.2, 0.25) is 0 Å². The van der Waals surface area contributed by atoms with E-state index in [2.05, 4.69) is 0 Å². The van der Waals surface area contributed by atoms with Crippen LogP contribution >= 0.6 is 0 Å². The fourth-order valence-electron chi connectivity index (χ4n) is 1.36. The summed E-state index contributed by atoms with van der Waals surface area (Å²) in [6.45, 7) is 3.89. The van der Waals surface area contributed by atoms with E-state index in [1.807, 2.05) is 13.8 Å². The molecule has 0 saturated heterocycles. The number of carbonyl (C=O) groups excluding carboxylic acids is 1. The van der Waals surface area contributed by atoms with E-state index in [4.69, 9.17) is 4.74 Å². The molecule has 0 bridgehead atoms. The Balaban J connectivity index is 3.00. The first-order chi connectivity index (χ1) is 8.25. The molecule has 0 aliphatic heterocycles. The average Bonchev–Trinajstić information content (AvgIpc) is 2.27. The maximum absolute atomic E-state index is 12.1. The van der Waals surface area contributed by atoms with Crippen LogP contribution in [0.5, 0.6) is 5.75 Å². The van der Waals surface area contributed by atoms with Gasteiger partial charge in [0.25, 0.3) is 0 Å². The lowest BCUT2D eigenvalue weighted by Crippen LogP contribution is -2.30. The molecule has 0 spiro atoms. The van der Waals surface area contributed by atoms with Crippen LogP contribution < -0.4 is 10.1 Å². The number of benzene rings is 1. The smallest absolute Gasteiger partial charge is 0.471 e. The highest BCUT2D eigenvalue weighted by atomic mass is 19.4. The van der Waals surface area contributed by atoms with Crippen LogP contribution in [0.15, 0.2) is 18.2 Å². The van der Waals surface area contributed by atoms with Gasteiger partial charge in [0.1, 0.15) is 5.75 Å². The van der Waals surface area contributed by atoms with Crippen molar-refractivity contribution in [2.45, 2.75) is 25.9 Å². The third kappa shape index (κ3) is 3.38. The van der Waals surface area contributed by atoms with E-state index >= 15 is 0 Å². The molecule has 1 rings (SSSR count). The lowest BCUT2D eigenvalue weighted by Gasteiger charge is -2.14. The Labute approximate surface area is 103 Å². The number of nitrogens with one attached hydrogen (secondary N) is 1. The molecule has 0 unspecified atom stereocenters. The fourth-order valence-corrected chi connectivity index (χ4v) is 1.36. The predicted octanol–water partition coefficient (Wildman–Crippen LogP) is 3.32. The second-order valence-electron chi connectivity index (χ2n) is 4.07. The molecule has 1 aromatic rings. The zero-order valence-corrected chi connectivity index (χ0v) is 10.3. The van der Waals surface area contributed by atoms with Crippen molar-refractivity contribution in [3.63, 3.8) is 0 Å². The van der Waals surface area contributed by atoms with Crippen molar-refractivity contribution in [2.75, 3.05) is 12.4 Å². The van der Waals surface area contributed by atoms with E-state index in [-0.39, 0.29) is 17.4 Å². The summed E-state index contributed by atoms with van der Waals surface area (Å²) in [6.07, 6.45) is -4.91. The summed E-state index contributed by atoms with van der Waals surface area (Å²) in [7, 11) is 1.34. The molecule has 0 radical (unpaired) electrons. The number of hydrogen-bond donors (Lipinski definition) is 1. The van der Waals surface area contributed by atoms with Gasteiger partial charge in [-0.1, -0.05) is 19.9 Å². The lowest BCUT2D eigenvalue weighted by atomic mass is 10.0. The van der Waals surface area contributed by atoms with Gasteiger partial charge in [0.15, 0.2) is 0 Å². The van der Waals surface area contributed by atoms with Crippen LogP contribution in [-0.2, 0) is 4.79 Å². The van der Waals surface area contributed by atoms with Crippen molar-refractivity contribution in [1.29, 1.82) is 0 Å². The number of amides is 1. The van der Waals surface area contributed by atoms with Crippen LogP contribution in [0.25, 0.3) is 0 Å². The highest BCUT2D eigenvalue weighted by Gasteiger charge is 2.39. The predicted molar refractivity (Wildman–Crippen MR) is 61.8 cm³/mol. The van der Waals surface area contributed by atoms with Crippen molar-refractivity contribution in [3.05, 3.63) is 23.8 Å². The van der Waals surface area contributed by atoms with Gasteiger partial charge >= 0.3 is 12.1 Å². The van der Waals surface area contributed by atoms with Crippen molar-refractivity contribution in [2.24, 2.45) is 0 Å². The standard InChI is InChI=1S/C12H14F3NO2/c1-7(2)8-4-5-9(10(6-8)18-3)16-11(17)12(13,14)15/h4-7H,1-3H3,(H,16,17). The molecule has 18 heavy (non-hydrogen) atoms. The van der Waals surface area contributed by atoms with Crippen LogP contribution in [0.2, 0.25) is 0 Å². The van der Waals surface area contributed by atoms with Gasteiger partial charge in [0, 0.05) is 0 Å². The number of carbonyl (C=O) groups is 1. The van der Waals surface area contributed by atoms with Gasteiger partial charge in [-0.2, -0.15) is 13.2 Å². The fraction of sp³-hybridized carbons (Fsp3) is 0.417. The van der Waals surface area contributed by atoms with E-state index in [0.29, 0.717) is 0 Å². The maximum atomic E-state index is 12.1. The molecule has 1 N–H and O–H groups in total. The molecule has 1 aromatic carbocycles. The molecule has 3 nitrogen and oxygen atoms in total. The number of hydrogen-bond acceptors (Lipinski definition) is 2. The Morgan fingerprint density at radius 3 is 2.39 bits per heavy atom. The lowest BCUT2D eigenvalue weighted by molar-refractivity contribution is -0.167. The molecule has 100 valence electrons. The molecule has 0 aliphatic carbocycles. The van der Waals surface area contributed by atoms with Crippen molar-refractivity contribution < 1.29 is 22.7 Å². The summed E-state index contributed by atoms with van der Waals surface area (Å²) in [6, 6.07) is 4.66. The third-order valence-electron chi connectivity index (χ3n) is 2.40. The SMILES string of the molecule is COc1cc(C(C)C)ccc1NC(=O)C(F)(F)F. The summed E-state index contributed by atoms with van der Waals surface area (Å²) in [5.74, 6) is -1.59. The van der Waals surface area contributed by atoms with E-state index in [9.17, 15) is 18.0 Å². The molecule has 0 aliphatic rings. The maximum Gasteiger partial charge on any atom is 0.471 e. The van der Waals surface area contributed by atoms with Crippen LogP contribution in [0.1, 0.15) is 25.3 Å². The van der Waals surface area contributed by atoms with Gasteiger partial charge < -0.3 is 10.1 Å². The zero-order valence-electron chi connectivity index (χ0n) is 10.3. The van der Waals surface area contributed by atoms with Crippen LogP contribution in [0.4, 0.5) is 18.9 Å². The minimum absolute atomic E-state index is 0.00391. The van der Waals surface area contributed by atoms with Gasteiger partial charge in [-0.05, 0) is 23.6 Å². The zero-order chi connectivity index (χ0) is 13.9. The normalized spacial score (nSPS) is 11.5. The molecular formula is C12H14F3NO2. The summed E-state index contributed by atoms with van der Waals surface area (Å²) < 4.78 is 41.3. The molecule has 6 heteroatoms. The summed E-state index contributed by atoms with van der Waals surface area (Å²) in [5, 5.41) is 1.78. The summed E-state index contributed by atoms with van der Waals surface area (Å²) in [4.78, 5) is 10.8. The topological polar surface area (TPSA) is 38.3 Å². The van der Waals surface area contributed by atoms with Crippen molar-refractivity contribution >= 4 is 11.6 Å². The van der Waals surface area contributed by atoms with Crippen LogP contribution in [0, 0.1) is 0 Å². The Bertz CT molecular complexity index is 441. The highest BCUT2D eigenvalue weighted by molar-refractivity contribution is 5.96. The number of alkyl halides is 3. The molecule has 0 heterocycles. The first-order valence-electron chi connectivity index (χ1n) is 5.31. The van der Waals surface area contributed by atoms with Crippen LogP contribution in [0.3, 0.4) is 0 Å². The largest absolute Gasteiger partial charge is 0.495 e. The van der Waals surface area contributed by atoms with Crippen molar-refractivity contribution in [1.82, 2.24) is 0 Å². The Morgan fingerprint density at radius 2 is 1.94 bits per heavy atom. The number of ether oxygens (including phenoxy) is 1. The van der Waals surface area contributed by atoms with Gasteiger partial charge in [0.05, 0.1) is 12.8 Å². The minimum Gasteiger partial charge on any atom is -0.495 e. The highest BCUT2D eigenvalue weighted by Crippen LogP contribution is 2.30. The summed E-state index contributed by atoms with van der Waals surface area (Å²) >= 11 is 0. The van der Waals surface area contributed by atoms with E-state index < -0.39 is 12.1 Å². The quantitative estimate of drug-likeness (QED) is 0.906. The Hall–Kier alpha value is -1.72. The molecule has 0 saturated carbocycles. The second-order valence-corrected chi connectivity index (χ2v) is 4.07. The third-order valence-corrected chi connectivity index (χ3v) is 2.40. The number of halogens is 3. The van der Waals surface area contributed by atoms with Gasteiger partial charge in [-0.15, -0.1) is 0 Å². The monoisotopic (exact) mass is 261 g/mol. The first-order valence-corrected chi connectivity index (χ1v) is 5.31. The molecule has 0 atom stereocenters. The van der Waals surface area contributed by atoms with E-state index in [1.165, 1.54) is 13.2 Å². The molecular weight excluding hydrogens is 247 g/mol. The molecule has 1 amide bonds. The minimum atomic E-state index is -4.91. The van der Waals surface area contributed by atoms with Crippen molar-refractivity contribution in [3.8, 4) is 5.75 Å². The van der Waals surface area contributed by atoms with E-state index in [1.54, 1.807) is 17.4 Å². The van der Waals surface area contributed by atoms with E-state index in [0.717, 1.165) is 5.56 Å². The summed E-state index contributed by atoms with van der Waals surface area (Å²) in [5.41, 5.74) is 0.918. The second kappa shape index (κ2) is 5.29. The number of methoxy groups -OCH3 is 1. The Morgan fingerprint density at radius 1 is 1.33 bits per heavy atom. The van der Waals surface area contributed by atoms with Gasteiger partial charge in [-0.25, -0.2) is 0 Å². The number of anilines is 1.